The Hall–Kier alpha value is -2.61. The van der Waals surface area contributed by atoms with Crippen LogP contribution in [0.1, 0.15) is 35.7 Å². The number of ether oxygens (including phenoxy) is 1. The van der Waals surface area contributed by atoms with Crippen LogP contribution < -0.4 is 4.74 Å². The molecule has 0 radical (unpaired) electrons. The molecule has 0 aliphatic rings. The van der Waals surface area contributed by atoms with Gasteiger partial charge in [-0.15, -0.1) is 0 Å². The van der Waals surface area contributed by atoms with Crippen molar-refractivity contribution in [1.29, 1.82) is 0 Å². The van der Waals surface area contributed by atoms with Gasteiger partial charge in [-0.1, -0.05) is 55.8 Å². The Morgan fingerprint density at radius 3 is 2.46 bits per heavy atom. The van der Waals surface area contributed by atoms with Crippen LogP contribution in [0.5, 0.6) is 5.75 Å². The van der Waals surface area contributed by atoms with Crippen molar-refractivity contribution in [2.75, 3.05) is 7.11 Å². The largest absolute Gasteiger partial charge is 0.497 e. The third kappa shape index (κ3) is 3.05. The first-order valence-electron chi connectivity index (χ1n) is 8.42. The molecule has 0 saturated heterocycles. The quantitative estimate of drug-likeness (QED) is 0.547. The summed E-state index contributed by atoms with van der Waals surface area (Å²) in [6, 6.07) is 18.3. The number of unbranched alkanes of at least 4 members (excludes halogenated alkanes) is 1. The number of benzene rings is 3. The van der Waals surface area contributed by atoms with E-state index in [0.717, 1.165) is 58.8 Å². The number of methoxy groups -OCH3 is 1. The van der Waals surface area contributed by atoms with Gasteiger partial charge in [0.2, 0.25) is 0 Å². The Bertz CT molecular complexity index is 848. The highest BCUT2D eigenvalue weighted by molar-refractivity contribution is 6.05. The predicted octanol–water partition coefficient (Wildman–Crippen LogP) is 5.67. The Morgan fingerprint density at radius 1 is 1.04 bits per heavy atom. The molecule has 2 heteroatoms. The molecule has 0 unspecified atom stereocenters. The van der Waals surface area contributed by atoms with Crippen molar-refractivity contribution >= 4 is 17.1 Å². The van der Waals surface area contributed by atoms with E-state index in [1.54, 1.807) is 7.11 Å². The zero-order chi connectivity index (χ0) is 16.9. The maximum absolute atomic E-state index is 11.9. The van der Waals surface area contributed by atoms with Crippen LogP contribution in [-0.4, -0.2) is 13.4 Å². The van der Waals surface area contributed by atoms with Gasteiger partial charge < -0.3 is 4.74 Å². The Balaban J connectivity index is 2.26. The SMILES string of the molecule is CCCCc1cc2ccccc2c(C=O)c1-c1ccc(OC)cc1. The molecule has 0 saturated carbocycles. The van der Waals surface area contributed by atoms with Gasteiger partial charge in [0.1, 0.15) is 5.75 Å². The molecule has 2 nitrogen and oxygen atoms in total. The molecule has 0 amide bonds. The molecule has 3 aromatic rings. The lowest BCUT2D eigenvalue weighted by atomic mass is 9.88. The summed E-state index contributed by atoms with van der Waals surface area (Å²) in [6.45, 7) is 2.19. The molecule has 0 aliphatic carbocycles. The van der Waals surface area contributed by atoms with E-state index in [4.69, 9.17) is 4.74 Å². The van der Waals surface area contributed by atoms with Gasteiger partial charge in [-0.2, -0.15) is 0 Å². The van der Waals surface area contributed by atoms with Gasteiger partial charge in [0, 0.05) is 5.56 Å². The van der Waals surface area contributed by atoms with E-state index in [9.17, 15) is 4.79 Å². The number of carbonyl (C=O) groups excluding carboxylic acids is 1. The van der Waals surface area contributed by atoms with E-state index in [1.165, 1.54) is 5.56 Å². The molecule has 0 N–H and O–H groups in total. The van der Waals surface area contributed by atoms with Gasteiger partial charge in [-0.3, -0.25) is 4.79 Å². The monoisotopic (exact) mass is 318 g/mol. The maximum Gasteiger partial charge on any atom is 0.151 e. The van der Waals surface area contributed by atoms with E-state index >= 15 is 0 Å². The van der Waals surface area contributed by atoms with E-state index in [-0.39, 0.29) is 0 Å². The summed E-state index contributed by atoms with van der Waals surface area (Å²) in [7, 11) is 1.66. The normalized spacial score (nSPS) is 10.8. The summed E-state index contributed by atoms with van der Waals surface area (Å²) < 4.78 is 5.26. The van der Waals surface area contributed by atoms with E-state index in [0.29, 0.717) is 0 Å². The van der Waals surface area contributed by atoms with Gasteiger partial charge in [0.25, 0.3) is 0 Å². The summed E-state index contributed by atoms with van der Waals surface area (Å²) in [4.78, 5) is 11.9. The smallest absolute Gasteiger partial charge is 0.151 e. The average molecular weight is 318 g/mol. The number of aryl methyl sites for hydroxylation is 1. The van der Waals surface area contributed by atoms with E-state index in [1.807, 2.05) is 42.5 Å². The van der Waals surface area contributed by atoms with Crippen molar-refractivity contribution in [2.24, 2.45) is 0 Å². The van der Waals surface area contributed by atoms with Gasteiger partial charge in [0.15, 0.2) is 6.29 Å². The zero-order valence-corrected chi connectivity index (χ0v) is 14.2. The maximum atomic E-state index is 11.9. The Morgan fingerprint density at radius 2 is 1.79 bits per heavy atom. The number of carbonyl (C=O) groups is 1. The minimum atomic E-state index is 0.782. The van der Waals surface area contributed by atoms with Crippen molar-refractivity contribution in [3.05, 3.63) is 65.7 Å². The third-order valence-corrected chi connectivity index (χ3v) is 4.47. The first kappa shape index (κ1) is 16.3. The van der Waals surface area contributed by atoms with Gasteiger partial charge in [-0.05, 0) is 52.4 Å². The first-order chi connectivity index (χ1) is 11.8. The van der Waals surface area contributed by atoms with Crippen molar-refractivity contribution in [2.45, 2.75) is 26.2 Å². The molecular weight excluding hydrogens is 296 g/mol. The molecule has 0 aliphatic heterocycles. The molecular formula is C22H22O2. The summed E-state index contributed by atoms with van der Waals surface area (Å²) in [5.41, 5.74) is 4.14. The van der Waals surface area contributed by atoms with Crippen LogP contribution in [0, 0.1) is 0 Å². The molecule has 0 spiro atoms. The third-order valence-electron chi connectivity index (χ3n) is 4.47. The Kier molecular flexibility index (Phi) is 4.95. The fourth-order valence-corrected chi connectivity index (χ4v) is 3.22. The van der Waals surface area contributed by atoms with Crippen molar-refractivity contribution < 1.29 is 9.53 Å². The summed E-state index contributed by atoms with van der Waals surface area (Å²) >= 11 is 0. The first-order valence-corrected chi connectivity index (χ1v) is 8.42. The van der Waals surface area contributed by atoms with Crippen LogP contribution >= 0.6 is 0 Å². The van der Waals surface area contributed by atoms with Crippen molar-refractivity contribution in [3.8, 4) is 16.9 Å². The molecule has 3 aromatic carbocycles. The van der Waals surface area contributed by atoms with Crippen LogP contribution in [0.3, 0.4) is 0 Å². The summed E-state index contributed by atoms with van der Waals surface area (Å²) in [5.74, 6) is 0.822. The van der Waals surface area contributed by atoms with Crippen molar-refractivity contribution in [1.82, 2.24) is 0 Å². The minimum absolute atomic E-state index is 0.782. The molecule has 0 aromatic heterocycles. The number of rotatable bonds is 6. The zero-order valence-electron chi connectivity index (χ0n) is 14.2. The van der Waals surface area contributed by atoms with Crippen LogP contribution in [0.15, 0.2) is 54.6 Å². The standard InChI is InChI=1S/C22H22O2/c1-3-4-7-18-14-17-8-5-6-9-20(17)21(15-23)22(18)16-10-12-19(24-2)13-11-16/h5-6,8-15H,3-4,7H2,1-2H3. The molecule has 24 heavy (non-hydrogen) atoms. The highest BCUT2D eigenvalue weighted by Gasteiger charge is 2.14. The second-order valence-corrected chi connectivity index (χ2v) is 6.00. The molecule has 122 valence electrons. The highest BCUT2D eigenvalue weighted by Crippen LogP contribution is 2.34. The molecule has 0 heterocycles. The lowest BCUT2D eigenvalue weighted by molar-refractivity contribution is 0.112. The number of hydrogen-bond donors (Lipinski definition) is 0. The second kappa shape index (κ2) is 7.31. The number of fused-ring (bicyclic) bond motifs is 1. The molecule has 3 rings (SSSR count). The highest BCUT2D eigenvalue weighted by atomic mass is 16.5. The van der Waals surface area contributed by atoms with Crippen LogP contribution in [0.4, 0.5) is 0 Å². The lowest BCUT2D eigenvalue weighted by Crippen LogP contribution is -1.98. The van der Waals surface area contributed by atoms with E-state index < -0.39 is 0 Å². The Labute approximate surface area is 143 Å². The molecule has 0 fully saturated rings. The van der Waals surface area contributed by atoms with Gasteiger partial charge in [0.05, 0.1) is 7.11 Å². The van der Waals surface area contributed by atoms with E-state index in [2.05, 4.69) is 19.1 Å². The fourth-order valence-electron chi connectivity index (χ4n) is 3.22. The van der Waals surface area contributed by atoms with Crippen LogP contribution in [0.25, 0.3) is 21.9 Å². The second-order valence-electron chi connectivity index (χ2n) is 6.00. The fraction of sp³-hybridized carbons (Fsp3) is 0.227. The minimum Gasteiger partial charge on any atom is -0.497 e. The molecule has 0 atom stereocenters. The lowest BCUT2D eigenvalue weighted by Gasteiger charge is -2.16. The van der Waals surface area contributed by atoms with Crippen LogP contribution in [-0.2, 0) is 6.42 Å². The number of aldehydes is 1. The average Bonchev–Trinajstić information content (AvgIpc) is 2.65. The van der Waals surface area contributed by atoms with Gasteiger partial charge in [-0.25, -0.2) is 0 Å². The summed E-state index contributed by atoms with van der Waals surface area (Å²) in [5, 5.41) is 2.14. The topological polar surface area (TPSA) is 26.3 Å². The van der Waals surface area contributed by atoms with Crippen LogP contribution in [0.2, 0.25) is 0 Å². The molecule has 0 bridgehead atoms. The predicted molar refractivity (Wildman–Crippen MR) is 99.9 cm³/mol. The van der Waals surface area contributed by atoms with Crippen molar-refractivity contribution in [3.63, 3.8) is 0 Å². The summed E-state index contributed by atoms with van der Waals surface area (Å²) in [6.07, 6.45) is 4.21. The number of hydrogen-bond acceptors (Lipinski definition) is 2. The van der Waals surface area contributed by atoms with Gasteiger partial charge >= 0.3 is 0 Å².